The number of ether oxygens (including phenoxy) is 2. The van der Waals surface area contributed by atoms with Crippen molar-refractivity contribution in [3.8, 4) is 0 Å². The number of aryl methyl sites for hydroxylation is 1. The number of anilines is 1. The first kappa shape index (κ1) is 24.3. The van der Waals surface area contributed by atoms with E-state index in [1.54, 1.807) is 45.2 Å². The molecule has 2 unspecified atom stereocenters. The maximum atomic E-state index is 13.1. The Balaban J connectivity index is 1.89. The van der Waals surface area contributed by atoms with Gasteiger partial charge < -0.3 is 20.1 Å². The van der Waals surface area contributed by atoms with Crippen LogP contribution in [0.15, 0.2) is 48.5 Å². The minimum absolute atomic E-state index is 0.120. The Labute approximate surface area is 194 Å². The standard InChI is InChI=1S/C25H31N3O5/c1-16(2)23(29)27-20-7-5-6-19(14-20)22-21(24(30)26-12-13-32-4)28(25(31)33-22)15-18-10-8-17(3)9-11-18/h5-11,14,16,21-22H,12-13,15H2,1-4H3,(H,26,30)(H,27,29). The van der Waals surface area contributed by atoms with Crippen LogP contribution in [0.2, 0.25) is 0 Å². The van der Waals surface area contributed by atoms with E-state index in [0.717, 1.165) is 11.1 Å². The van der Waals surface area contributed by atoms with Crippen LogP contribution in [-0.2, 0) is 25.6 Å². The fourth-order valence-electron chi connectivity index (χ4n) is 3.56. The maximum absolute atomic E-state index is 13.1. The first-order valence-electron chi connectivity index (χ1n) is 11.0. The molecule has 3 amide bonds. The van der Waals surface area contributed by atoms with Gasteiger partial charge in [-0.05, 0) is 30.2 Å². The largest absolute Gasteiger partial charge is 0.438 e. The number of rotatable bonds is 9. The molecule has 1 heterocycles. The van der Waals surface area contributed by atoms with Crippen molar-refractivity contribution in [1.29, 1.82) is 0 Å². The number of cyclic esters (lactones) is 1. The van der Waals surface area contributed by atoms with Gasteiger partial charge in [-0.3, -0.25) is 14.5 Å². The lowest BCUT2D eigenvalue weighted by molar-refractivity contribution is -0.126. The Morgan fingerprint density at radius 2 is 1.88 bits per heavy atom. The van der Waals surface area contributed by atoms with Crippen LogP contribution < -0.4 is 10.6 Å². The lowest BCUT2D eigenvalue weighted by Gasteiger charge is -2.24. The lowest BCUT2D eigenvalue weighted by Crippen LogP contribution is -2.47. The third-order valence-corrected chi connectivity index (χ3v) is 5.44. The predicted molar refractivity (Wildman–Crippen MR) is 125 cm³/mol. The number of amides is 3. The summed E-state index contributed by atoms with van der Waals surface area (Å²) >= 11 is 0. The van der Waals surface area contributed by atoms with Crippen LogP contribution in [0.3, 0.4) is 0 Å². The summed E-state index contributed by atoms with van der Waals surface area (Å²) in [5.41, 5.74) is 3.21. The van der Waals surface area contributed by atoms with E-state index in [1.165, 1.54) is 4.90 Å². The molecule has 0 aromatic heterocycles. The molecule has 0 aliphatic carbocycles. The number of benzene rings is 2. The number of hydrogen-bond donors (Lipinski definition) is 2. The molecule has 1 aliphatic rings. The van der Waals surface area contributed by atoms with Crippen molar-refractivity contribution in [3.05, 3.63) is 65.2 Å². The number of carbonyl (C=O) groups excluding carboxylic acids is 3. The zero-order valence-electron chi connectivity index (χ0n) is 19.5. The van der Waals surface area contributed by atoms with Crippen LogP contribution in [0, 0.1) is 12.8 Å². The number of methoxy groups -OCH3 is 1. The highest BCUT2D eigenvalue weighted by atomic mass is 16.6. The van der Waals surface area contributed by atoms with Crippen molar-refractivity contribution in [2.75, 3.05) is 25.6 Å². The number of nitrogens with zero attached hydrogens (tertiary/aromatic N) is 1. The van der Waals surface area contributed by atoms with Crippen molar-refractivity contribution in [1.82, 2.24) is 10.2 Å². The van der Waals surface area contributed by atoms with E-state index in [1.807, 2.05) is 31.2 Å². The number of carbonyl (C=O) groups is 3. The van der Waals surface area contributed by atoms with E-state index in [4.69, 9.17) is 9.47 Å². The Morgan fingerprint density at radius 3 is 2.55 bits per heavy atom. The molecule has 0 saturated carbocycles. The molecule has 1 saturated heterocycles. The minimum Gasteiger partial charge on any atom is -0.438 e. The summed E-state index contributed by atoms with van der Waals surface area (Å²) in [6.45, 7) is 6.51. The highest BCUT2D eigenvalue weighted by Crippen LogP contribution is 2.35. The SMILES string of the molecule is COCCNC(=O)C1C(c2cccc(NC(=O)C(C)C)c2)OC(=O)N1Cc1ccc(C)cc1. The molecule has 176 valence electrons. The quantitative estimate of drug-likeness (QED) is 0.567. The molecule has 1 fully saturated rings. The molecular formula is C25H31N3O5. The monoisotopic (exact) mass is 453 g/mol. The van der Waals surface area contributed by atoms with Crippen molar-refractivity contribution < 1.29 is 23.9 Å². The second kappa shape index (κ2) is 11.0. The van der Waals surface area contributed by atoms with E-state index in [2.05, 4.69) is 10.6 Å². The average Bonchev–Trinajstić information content (AvgIpc) is 3.11. The smallest absolute Gasteiger partial charge is 0.411 e. The van der Waals surface area contributed by atoms with Gasteiger partial charge in [-0.1, -0.05) is 55.8 Å². The zero-order valence-corrected chi connectivity index (χ0v) is 19.5. The highest BCUT2D eigenvalue weighted by molar-refractivity contribution is 5.92. The first-order valence-corrected chi connectivity index (χ1v) is 11.0. The van der Waals surface area contributed by atoms with Crippen LogP contribution in [0.25, 0.3) is 0 Å². The van der Waals surface area contributed by atoms with Gasteiger partial charge in [-0.15, -0.1) is 0 Å². The van der Waals surface area contributed by atoms with Crippen molar-refractivity contribution in [2.24, 2.45) is 5.92 Å². The Bertz CT molecular complexity index is 990. The molecule has 0 radical (unpaired) electrons. The molecule has 2 atom stereocenters. The predicted octanol–water partition coefficient (Wildman–Crippen LogP) is 3.41. The molecule has 2 aromatic carbocycles. The van der Waals surface area contributed by atoms with E-state index in [0.29, 0.717) is 24.4 Å². The molecule has 1 aliphatic heterocycles. The van der Waals surface area contributed by atoms with E-state index < -0.39 is 18.2 Å². The summed E-state index contributed by atoms with van der Waals surface area (Å²) in [6, 6.07) is 14.0. The van der Waals surface area contributed by atoms with Gasteiger partial charge in [0.25, 0.3) is 0 Å². The number of hydrogen-bond acceptors (Lipinski definition) is 5. The van der Waals surface area contributed by atoms with Gasteiger partial charge in [0.05, 0.1) is 13.2 Å². The lowest BCUT2D eigenvalue weighted by atomic mass is 10.00. The topological polar surface area (TPSA) is 97.0 Å². The third kappa shape index (κ3) is 6.10. The van der Waals surface area contributed by atoms with Gasteiger partial charge in [-0.25, -0.2) is 4.79 Å². The van der Waals surface area contributed by atoms with Gasteiger partial charge in [-0.2, -0.15) is 0 Å². The molecular weight excluding hydrogens is 422 g/mol. The maximum Gasteiger partial charge on any atom is 0.411 e. The molecule has 33 heavy (non-hydrogen) atoms. The van der Waals surface area contributed by atoms with Crippen LogP contribution >= 0.6 is 0 Å². The summed E-state index contributed by atoms with van der Waals surface area (Å²) in [7, 11) is 1.55. The van der Waals surface area contributed by atoms with E-state index in [-0.39, 0.29) is 24.3 Å². The summed E-state index contributed by atoms with van der Waals surface area (Å²) in [4.78, 5) is 39.6. The molecule has 8 heteroatoms. The van der Waals surface area contributed by atoms with Gasteiger partial charge in [0.2, 0.25) is 11.8 Å². The van der Waals surface area contributed by atoms with Gasteiger partial charge in [0, 0.05) is 25.3 Å². The molecule has 2 N–H and O–H groups in total. The Kier molecular flexibility index (Phi) is 8.06. The van der Waals surface area contributed by atoms with Crippen molar-refractivity contribution >= 4 is 23.6 Å². The van der Waals surface area contributed by atoms with E-state index in [9.17, 15) is 14.4 Å². The van der Waals surface area contributed by atoms with Gasteiger partial charge in [0.1, 0.15) is 0 Å². The molecule has 2 aromatic rings. The number of nitrogens with one attached hydrogen (secondary N) is 2. The molecule has 0 bridgehead atoms. The minimum atomic E-state index is -0.869. The van der Waals surface area contributed by atoms with Gasteiger partial charge in [0.15, 0.2) is 12.1 Å². The second-order valence-corrected chi connectivity index (χ2v) is 8.42. The summed E-state index contributed by atoms with van der Waals surface area (Å²) < 4.78 is 10.7. The molecule has 3 rings (SSSR count). The van der Waals surface area contributed by atoms with Crippen LogP contribution in [0.4, 0.5) is 10.5 Å². The average molecular weight is 454 g/mol. The first-order chi connectivity index (χ1) is 15.8. The normalized spacial score (nSPS) is 17.7. The third-order valence-electron chi connectivity index (χ3n) is 5.44. The van der Waals surface area contributed by atoms with Crippen LogP contribution in [0.1, 0.15) is 36.6 Å². The van der Waals surface area contributed by atoms with E-state index >= 15 is 0 Å². The molecule has 0 spiro atoms. The highest BCUT2D eigenvalue weighted by Gasteiger charge is 2.47. The summed E-state index contributed by atoms with van der Waals surface area (Å²) in [5.74, 6) is -0.626. The Hall–Kier alpha value is -3.39. The Morgan fingerprint density at radius 1 is 1.15 bits per heavy atom. The van der Waals surface area contributed by atoms with Crippen LogP contribution in [-0.4, -0.2) is 49.1 Å². The van der Waals surface area contributed by atoms with Crippen LogP contribution in [0.5, 0.6) is 0 Å². The van der Waals surface area contributed by atoms with Crippen molar-refractivity contribution in [2.45, 2.75) is 39.5 Å². The zero-order chi connectivity index (χ0) is 24.0. The van der Waals surface area contributed by atoms with Gasteiger partial charge >= 0.3 is 6.09 Å². The summed E-state index contributed by atoms with van der Waals surface area (Å²) in [6.07, 6.45) is -1.38. The van der Waals surface area contributed by atoms with Crippen molar-refractivity contribution in [3.63, 3.8) is 0 Å². The molecule has 8 nitrogen and oxygen atoms in total. The summed E-state index contributed by atoms with van der Waals surface area (Å²) in [5, 5.41) is 5.67. The fraction of sp³-hybridized carbons (Fsp3) is 0.400. The fourth-order valence-corrected chi connectivity index (χ4v) is 3.56. The second-order valence-electron chi connectivity index (χ2n) is 8.42.